The van der Waals surface area contributed by atoms with Gasteiger partial charge in [0.05, 0.1) is 36.9 Å². The molecule has 8 heteroatoms. The number of fused-ring (bicyclic) bond motifs is 1. The SMILES string of the molecule is NCCOCCOCCNC(=O)c1ccc(-c2ccc3c(C=O)c(O)ccc3c2)s1. The number of nitrogens with one attached hydrogen (secondary N) is 1. The van der Waals surface area contributed by atoms with E-state index in [2.05, 4.69) is 5.32 Å². The molecule has 7 nitrogen and oxygen atoms in total. The van der Waals surface area contributed by atoms with Crippen LogP contribution in [0, 0.1) is 0 Å². The lowest BCUT2D eigenvalue weighted by molar-refractivity contribution is 0.0511. The van der Waals surface area contributed by atoms with Gasteiger partial charge in [-0.15, -0.1) is 11.3 Å². The molecule has 3 aromatic rings. The van der Waals surface area contributed by atoms with Crippen LogP contribution >= 0.6 is 11.3 Å². The van der Waals surface area contributed by atoms with Gasteiger partial charge >= 0.3 is 0 Å². The zero-order chi connectivity index (χ0) is 21.3. The van der Waals surface area contributed by atoms with Crippen molar-refractivity contribution in [2.24, 2.45) is 5.73 Å². The molecule has 0 radical (unpaired) electrons. The molecular weight excluding hydrogens is 404 g/mol. The predicted octanol–water partition coefficient (Wildman–Crippen LogP) is 2.81. The van der Waals surface area contributed by atoms with Crippen LogP contribution < -0.4 is 11.1 Å². The minimum Gasteiger partial charge on any atom is -0.507 e. The third kappa shape index (κ3) is 5.43. The molecular formula is C22H24N2O5S. The first kappa shape index (κ1) is 21.9. The maximum absolute atomic E-state index is 12.3. The molecule has 1 aromatic heterocycles. The second-order valence-corrected chi connectivity index (χ2v) is 7.57. The number of nitrogens with two attached hydrogens (primary N) is 1. The third-order valence-electron chi connectivity index (χ3n) is 4.44. The molecule has 30 heavy (non-hydrogen) atoms. The highest BCUT2D eigenvalue weighted by Crippen LogP contribution is 2.33. The van der Waals surface area contributed by atoms with Crippen molar-refractivity contribution in [3.05, 3.63) is 52.9 Å². The number of aldehydes is 1. The standard InChI is InChI=1S/C22H24N2O5S/c23-7-9-28-11-12-29-10-8-24-22(27)21-6-5-20(30-21)16-1-3-17-15(13-16)2-4-19(26)18(17)14-25/h1-6,13-14,26H,7-12,23H2,(H,24,27). The highest BCUT2D eigenvalue weighted by atomic mass is 32.1. The molecule has 4 N–H and O–H groups in total. The Bertz CT molecular complexity index is 1020. The second kappa shape index (κ2) is 10.8. The molecule has 0 aliphatic carbocycles. The molecule has 0 saturated heterocycles. The van der Waals surface area contributed by atoms with Crippen molar-refractivity contribution in [1.29, 1.82) is 0 Å². The molecule has 0 aliphatic rings. The molecule has 0 unspecified atom stereocenters. The van der Waals surface area contributed by atoms with Crippen molar-refractivity contribution < 1.29 is 24.2 Å². The van der Waals surface area contributed by atoms with Gasteiger partial charge in [-0.1, -0.05) is 18.2 Å². The first-order valence-corrected chi connectivity index (χ1v) is 10.4. The predicted molar refractivity (Wildman–Crippen MR) is 117 cm³/mol. The molecule has 0 saturated carbocycles. The highest BCUT2D eigenvalue weighted by molar-refractivity contribution is 7.17. The number of ether oxygens (including phenoxy) is 2. The van der Waals surface area contributed by atoms with Gasteiger partial charge in [0, 0.05) is 18.0 Å². The summed E-state index contributed by atoms with van der Waals surface area (Å²) >= 11 is 1.39. The lowest BCUT2D eigenvalue weighted by Gasteiger charge is -2.06. The summed E-state index contributed by atoms with van der Waals surface area (Å²) in [6.07, 6.45) is 0.655. The Morgan fingerprint density at radius 3 is 2.63 bits per heavy atom. The fraction of sp³-hybridized carbons (Fsp3) is 0.273. The van der Waals surface area contributed by atoms with Crippen molar-refractivity contribution in [2.75, 3.05) is 39.5 Å². The molecule has 0 spiro atoms. The maximum atomic E-state index is 12.3. The lowest BCUT2D eigenvalue weighted by atomic mass is 10.0. The number of thiophene rings is 1. The smallest absolute Gasteiger partial charge is 0.261 e. The van der Waals surface area contributed by atoms with E-state index in [1.54, 1.807) is 12.1 Å². The average Bonchev–Trinajstić information content (AvgIpc) is 3.25. The Hall–Kier alpha value is -2.78. The van der Waals surface area contributed by atoms with Gasteiger partial charge in [-0.3, -0.25) is 9.59 Å². The molecule has 0 aliphatic heterocycles. The minimum absolute atomic E-state index is 0.0348. The van der Waals surface area contributed by atoms with Crippen LogP contribution in [0.3, 0.4) is 0 Å². The van der Waals surface area contributed by atoms with Crippen molar-refractivity contribution in [3.8, 4) is 16.2 Å². The molecule has 1 heterocycles. The zero-order valence-corrected chi connectivity index (χ0v) is 17.2. The summed E-state index contributed by atoms with van der Waals surface area (Å²) in [5.74, 6) is -0.185. The van der Waals surface area contributed by atoms with E-state index in [-0.39, 0.29) is 17.2 Å². The number of rotatable bonds is 11. The fourth-order valence-electron chi connectivity index (χ4n) is 2.96. The first-order chi connectivity index (χ1) is 14.6. The summed E-state index contributed by atoms with van der Waals surface area (Å²) in [6, 6.07) is 12.6. The Kier molecular flexibility index (Phi) is 7.92. The van der Waals surface area contributed by atoms with Crippen LogP contribution in [0.25, 0.3) is 21.2 Å². The van der Waals surface area contributed by atoms with Crippen LogP contribution in [0.2, 0.25) is 0 Å². The Labute approximate surface area is 178 Å². The van der Waals surface area contributed by atoms with Crippen molar-refractivity contribution in [1.82, 2.24) is 5.32 Å². The van der Waals surface area contributed by atoms with Crippen LogP contribution in [-0.2, 0) is 9.47 Å². The van der Waals surface area contributed by atoms with Crippen LogP contribution in [0.4, 0.5) is 0 Å². The number of carbonyl (C=O) groups is 2. The number of amides is 1. The number of phenols is 1. The molecule has 158 valence electrons. The van der Waals surface area contributed by atoms with Gasteiger partial charge in [0.15, 0.2) is 6.29 Å². The Balaban J connectivity index is 1.57. The Morgan fingerprint density at radius 1 is 1.07 bits per heavy atom. The quantitative estimate of drug-likeness (QED) is 0.320. The summed E-state index contributed by atoms with van der Waals surface area (Å²) in [5, 5.41) is 14.2. The van der Waals surface area contributed by atoms with Crippen molar-refractivity contribution in [3.63, 3.8) is 0 Å². The molecule has 2 aromatic carbocycles. The fourth-order valence-corrected chi connectivity index (χ4v) is 3.88. The number of hydrogen-bond donors (Lipinski definition) is 3. The molecule has 3 rings (SSSR count). The summed E-state index contributed by atoms with van der Waals surface area (Å²) in [5.41, 5.74) is 6.54. The number of benzene rings is 2. The van der Waals surface area contributed by atoms with E-state index in [1.807, 2.05) is 24.3 Å². The van der Waals surface area contributed by atoms with E-state index in [4.69, 9.17) is 15.2 Å². The van der Waals surface area contributed by atoms with Gasteiger partial charge in [0.1, 0.15) is 5.75 Å². The molecule has 0 bridgehead atoms. The number of hydrogen-bond acceptors (Lipinski definition) is 7. The second-order valence-electron chi connectivity index (χ2n) is 6.49. The van der Waals surface area contributed by atoms with Gasteiger partial charge < -0.3 is 25.6 Å². The van der Waals surface area contributed by atoms with Crippen molar-refractivity contribution >= 4 is 34.3 Å². The van der Waals surface area contributed by atoms with Gasteiger partial charge in [-0.25, -0.2) is 0 Å². The summed E-state index contributed by atoms with van der Waals surface area (Å²) in [7, 11) is 0. The zero-order valence-electron chi connectivity index (χ0n) is 16.4. The normalized spacial score (nSPS) is 11.0. The average molecular weight is 429 g/mol. The van der Waals surface area contributed by atoms with Crippen LogP contribution in [-0.4, -0.2) is 56.8 Å². The molecule has 1 amide bonds. The number of carbonyl (C=O) groups excluding carboxylic acids is 2. The number of phenolic OH excluding ortho intramolecular Hbond substituents is 1. The lowest BCUT2D eigenvalue weighted by Crippen LogP contribution is -2.27. The monoisotopic (exact) mass is 428 g/mol. The summed E-state index contributed by atoms with van der Waals surface area (Å²) in [6.45, 7) is 2.77. The Morgan fingerprint density at radius 2 is 1.87 bits per heavy atom. The van der Waals surface area contributed by atoms with Crippen LogP contribution in [0.5, 0.6) is 5.75 Å². The first-order valence-electron chi connectivity index (χ1n) is 9.59. The minimum atomic E-state index is -0.150. The van der Waals surface area contributed by atoms with Gasteiger partial charge in [0.25, 0.3) is 5.91 Å². The van der Waals surface area contributed by atoms with E-state index >= 15 is 0 Å². The van der Waals surface area contributed by atoms with Crippen LogP contribution in [0.1, 0.15) is 20.0 Å². The van der Waals surface area contributed by atoms with Crippen molar-refractivity contribution in [2.45, 2.75) is 0 Å². The summed E-state index contributed by atoms with van der Waals surface area (Å²) < 4.78 is 10.6. The number of aromatic hydroxyl groups is 1. The highest BCUT2D eigenvalue weighted by Gasteiger charge is 2.12. The van der Waals surface area contributed by atoms with E-state index in [0.29, 0.717) is 56.1 Å². The van der Waals surface area contributed by atoms with E-state index < -0.39 is 0 Å². The summed E-state index contributed by atoms with van der Waals surface area (Å²) in [4.78, 5) is 25.1. The van der Waals surface area contributed by atoms with Gasteiger partial charge in [0.2, 0.25) is 0 Å². The molecule has 0 atom stereocenters. The van der Waals surface area contributed by atoms with Gasteiger partial charge in [-0.2, -0.15) is 0 Å². The van der Waals surface area contributed by atoms with E-state index in [0.717, 1.165) is 15.8 Å². The van der Waals surface area contributed by atoms with Gasteiger partial charge in [-0.05, 0) is 40.6 Å². The van der Waals surface area contributed by atoms with E-state index in [1.165, 1.54) is 17.4 Å². The van der Waals surface area contributed by atoms with E-state index in [9.17, 15) is 14.7 Å². The maximum Gasteiger partial charge on any atom is 0.261 e. The molecule has 0 fully saturated rings. The largest absolute Gasteiger partial charge is 0.507 e. The van der Waals surface area contributed by atoms with Crippen LogP contribution in [0.15, 0.2) is 42.5 Å². The third-order valence-corrected chi connectivity index (χ3v) is 5.57. The topological polar surface area (TPSA) is 111 Å².